The Morgan fingerprint density at radius 2 is 1.90 bits per heavy atom. The number of amides is 4. The number of fused-ring (bicyclic) bond motifs is 1. The predicted octanol–water partition coefficient (Wildman–Crippen LogP) is 1.18. The number of imide groups is 1. The van der Waals surface area contributed by atoms with E-state index in [1.54, 1.807) is 12.1 Å². The Morgan fingerprint density at radius 3 is 2.67 bits per heavy atom. The molecule has 8 heteroatoms. The molecule has 1 saturated heterocycles. The summed E-state index contributed by atoms with van der Waals surface area (Å²) in [5.41, 5.74) is 3.08. The number of piperidine rings is 1. The first kappa shape index (κ1) is 19.6. The van der Waals surface area contributed by atoms with Gasteiger partial charge in [0.05, 0.1) is 6.54 Å². The Labute approximate surface area is 173 Å². The quantitative estimate of drug-likeness (QED) is 0.625. The van der Waals surface area contributed by atoms with Gasteiger partial charge in [-0.1, -0.05) is 30.3 Å². The first-order valence-electron chi connectivity index (χ1n) is 9.83. The van der Waals surface area contributed by atoms with Crippen molar-refractivity contribution in [2.24, 2.45) is 0 Å². The fourth-order valence-corrected chi connectivity index (χ4v) is 3.73. The number of rotatable bonds is 6. The van der Waals surface area contributed by atoms with Gasteiger partial charge in [-0.2, -0.15) is 0 Å². The van der Waals surface area contributed by atoms with Crippen molar-refractivity contribution >= 4 is 29.3 Å². The van der Waals surface area contributed by atoms with Crippen LogP contribution < -0.4 is 16.0 Å². The molecule has 1 fully saturated rings. The molecule has 2 aromatic carbocycles. The Balaban J connectivity index is 1.34. The SMILES string of the molecule is O=C(CNc1ccc2c(c1)CN(C1CCC(=O)NC1=O)C2=O)NCc1ccccc1. The van der Waals surface area contributed by atoms with Gasteiger partial charge in [0.1, 0.15) is 6.04 Å². The zero-order chi connectivity index (χ0) is 21.1. The van der Waals surface area contributed by atoms with Gasteiger partial charge in [-0.25, -0.2) is 0 Å². The number of anilines is 1. The Morgan fingerprint density at radius 1 is 1.10 bits per heavy atom. The summed E-state index contributed by atoms with van der Waals surface area (Å²) in [7, 11) is 0. The fraction of sp³-hybridized carbons (Fsp3) is 0.273. The maximum absolute atomic E-state index is 12.7. The van der Waals surface area contributed by atoms with E-state index in [1.165, 1.54) is 4.90 Å². The number of carbonyl (C=O) groups excluding carboxylic acids is 4. The second-order valence-electron chi connectivity index (χ2n) is 7.39. The molecule has 0 radical (unpaired) electrons. The van der Waals surface area contributed by atoms with Crippen LogP contribution in [0.25, 0.3) is 0 Å². The smallest absolute Gasteiger partial charge is 0.255 e. The Kier molecular flexibility index (Phi) is 5.47. The van der Waals surface area contributed by atoms with Crippen LogP contribution in [0, 0.1) is 0 Å². The van der Waals surface area contributed by atoms with Crippen LogP contribution in [0.2, 0.25) is 0 Å². The summed E-state index contributed by atoms with van der Waals surface area (Å²) in [6.45, 7) is 0.869. The molecule has 0 bridgehead atoms. The first-order valence-corrected chi connectivity index (χ1v) is 9.83. The van der Waals surface area contributed by atoms with E-state index in [1.807, 2.05) is 36.4 Å². The van der Waals surface area contributed by atoms with Gasteiger partial charge >= 0.3 is 0 Å². The molecule has 3 N–H and O–H groups in total. The highest BCUT2D eigenvalue weighted by Gasteiger charge is 2.39. The molecule has 30 heavy (non-hydrogen) atoms. The largest absolute Gasteiger partial charge is 0.376 e. The molecule has 1 atom stereocenters. The van der Waals surface area contributed by atoms with Crippen LogP contribution >= 0.6 is 0 Å². The highest BCUT2D eigenvalue weighted by atomic mass is 16.2. The molecule has 154 valence electrons. The molecule has 8 nitrogen and oxygen atoms in total. The predicted molar refractivity (Wildman–Crippen MR) is 109 cm³/mol. The topological polar surface area (TPSA) is 108 Å². The zero-order valence-electron chi connectivity index (χ0n) is 16.3. The van der Waals surface area contributed by atoms with Crippen molar-refractivity contribution in [1.29, 1.82) is 0 Å². The average Bonchev–Trinajstić information content (AvgIpc) is 3.07. The highest BCUT2D eigenvalue weighted by molar-refractivity contribution is 6.05. The second kappa shape index (κ2) is 8.36. The Bertz CT molecular complexity index is 1010. The van der Waals surface area contributed by atoms with E-state index >= 15 is 0 Å². The molecular weight excluding hydrogens is 384 g/mol. The van der Waals surface area contributed by atoms with Crippen molar-refractivity contribution in [2.45, 2.75) is 32.0 Å². The number of carbonyl (C=O) groups is 4. The molecule has 0 spiro atoms. The van der Waals surface area contributed by atoms with Gasteiger partial charge in [0.25, 0.3) is 5.91 Å². The summed E-state index contributed by atoms with van der Waals surface area (Å²) in [4.78, 5) is 49.8. The molecule has 4 amide bonds. The molecule has 2 aromatic rings. The summed E-state index contributed by atoms with van der Waals surface area (Å²) in [6.07, 6.45) is 0.554. The molecule has 2 aliphatic rings. The number of nitrogens with one attached hydrogen (secondary N) is 3. The van der Waals surface area contributed by atoms with Crippen molar-refractivity contribution in [3.63, 3.8) is 0 Å². The van der Waals surface area contributed by atoms with Gasteiger partial charge in [0.15, 0.2) is 0 Å². The number of hydrogen-bond acceptors (Lipinski definition) is 5. The van der Waals surface area contributed by atoms with E-state index in [9.17, 15) is 19.2 Å². The normalized spacial score (nSPS) is 18.1. The van der Waals surface area contributed by atoms with Crippen molar-refractivity contribution < 1.29 is 19.2 Å². The lowest BCUT2D eigenvalue weighted by Crippen LogP contribution is -2.52. The van der Waals surface area contributed by atoms with Gasteiger partial charge in [0, 0.05) is 30.8 Å². The van der Waals surface area contributed by atoms with Crippen LogP contribution in [-0.4, -0.2) is 41.1 Å². The van der Waals surface area contributed by atoms with Crippen molar-refractivity contribution in [2.75, 3.05) is 11.9 Å². The highest BCUT2D eigenvalue weighted by Crippen LogP contribution is 2.29. The molecule has 0 aliphatic carbocycles. The standard InChI is InChI=1S/C22H22N4O4/c27-19-9-8-18(21(29)25-19)26-13-15-10-16(6-7-17(15)22(26)30)23-12-20(28)24-11-14-4-2-1-3-5-14/h1-7,10,18,23H,8-9,11-13H2,(H,24,28)(H,25,27,29). The van der Waals surface area contributed by atoms with Crippen LogP contribution in [0.4, 0.5) is 5.69 Å². The van der Waals surface area contributed by atoms with E-state index in [0.29, 0.717) is 25.1 Å². The molecular formula is C22H22N4O4. The van der Waals surface area contributed by atoms with Gasteiger partial charge in [-0.3, -0.25) is 24.5 Å². The minimum absolute atomic E-state index is 0.108. The van der Waals surface area contributed by atoms with Gasteiger partial charge in [-0.15, -0.1) is 0 Å². The second-order valence-corrected chi connectivity index (χ2v) is 7.39. The zero-order valence-corrected chi connectivity index (χ0v) is 16.3. The van der Waals surface area contributed by atoms with Gasteiger partial charge in [0.2, 0.25) is 17.7 Å². The van der Waals surface area contributed by atoms with Crippen LogP contribution in [0.5, 0.6) is 0 Å². The van der Waals surface area contributed by atoms with Crippen molar-refractivity contribution in [1.82, 2.24) is 15.5 Å². The van der Waals surface area contributed by atoms with E-state index in [0.717, 1.165) is 16.8 Å². The van der Waals surface area contributed by atoms with Crippen molar-refractivity contribution in [3.05, 3.63) is 65.2 Å². The molecule has 1 unspecified atom stereocenters. The number of benzene rings is 2. The Hall–Kier alpha value is -3.68. The van der Waals surface area contributed by atoms with E-state index in [-0.39, 0.29) is 30.7 Å². The fourth-order valence-electron chi connectivity index (χ4n) is 3.73. The summed E-state index contributed by atoms with van der Waals surface area (Å²) in [5.74, 6) is -1.09. The lowest BCUT2D eigenvalue weighted by atomic mass is 10.0. The summed E-state index contributed by atoms with van der Waals surface area (Å²) in [6, 6.07) is 14.3. The maximum Gasteiger partial charge on any atom is 0.255 e. The minimum atomic E-state index is -0.636. The number of hydrogen-bond donors (Lipinski definition) is 3. The third-order valence-corrected chi connectivity index (χ3v) is 5.31. The van der Waals surface area contributed by atoms with Gasteiger partial charge in [-0.05, 0) is 35.7 Å². The number of nitrogens with zero attached hydrogens (tertiary/aromatic N) is 1. The van der Waals surface area contributed by atoms with Crippen LogP contribution in [0.1, 0.15) is 34.3 Å². The average molecular weight is 406 g/mol. The molecule has 4 rings (SSSR count). The van der Waals surface area contributed by atoms with E-state index < -0.39 is 11.9 Å². The minimum Gasteiger partial charge on any atom is -0.376 e. The maximum atomic E-state index is 12.7. The third kappa shape index (κ3) is 4.17. The summed E-state index contributed by atoms with van der Waals surface area (Å²) >= 11 is 0. The van der Waals surface area contributed by atoms with Crippen LogP contribution in [0.15, 0.2) is 48.5 Å². The summed E-state index contributed by atoms with van der Waals surface area (Å²) < 4.78 is 0. The lowest BCUT2D eigenvalue weighted by molar-refractivity contribution is -0.137. The third-order valence-electron chi connectivity index (χ3n) is 5.31. The van der Waals surface area contributed by atoms with E-state index in [2.05, 4.69) is 16.0 Å². The van der Waals surface area contributed by atoms with Crippen LogP contribution in [0.3, 0.4) is 0 Å². The van der Waals surface area contributed by atoms with Crippen LogP contribution in [-0.2, 0) is 27.5 Å². The van der Waals surface area contributed by atoms with E-state index in [4.69, 9.17) is 0 Å². The van der Waals surface area contributed by atoms with Crippen molar-refractivity contribution in [3.8, 4) is 0 Å². The summed E-state index contributed by atoms with van der Waals surface area (Å²) in [5, 5.41) is 8.21. The first-order chi connectivity index (χ1) is 14.5. The molecule has 2 aliphatic heterocycles. The molecule has 2 heterocycles. The van der Waals surface area contributed by atoms with Gasteiger partial charge < -0.3 is 15.5 Å². The lowest BCUT2D eigenvalue weighted by Gasteiger charge is -2.29. The molecule has 0 aromatic heterocycles. The molecule has 0 saturated carbocycles. The monoisotopic (exact) mass is 406 g/mol.